The zero-order valence-corrected chi connectivity index (χ0v) is 9.19. The van der Waals surface area contributed by atoms with Crippen LogP contribution in [0.2, 0.25) is 0 Å². The van der Waals surface area contributed by atoms with E-state index in [0.717, 1.165) is 12.1 Å². The fourth-order valence-corrected chi connectivity index (χ4v) is 1.30. The van der Waals surface area contributed by atoms with Crippen LogP contribution in [0.1, 0.15) is 25.5 Å². The van der Waals surface area contributed by atoms with Crippen LogP contribution < -0.4 is 5.73 Å². The molecular weight excluding hydrogens is 194 g/mol. The number of esters is 1. The Morgan fingerprint density at radius 1 is 1.67 bits per heavy atom. The van der Waals surface area contributed by atoms with Crippen molar-refractivity contribution < 1.29 is 9.53 Å². The number of aryl methyl sites for hydroxylation is 2. The van der Waals surface area contributed by atoms with E-state index in [9.17, 15) is 4.79 Å². The molecule has 1 heterocycles. The molecule has 0 spiro atoms. The molecule has 0 unspecified atom stereocenters. The summed E-state index contributed by atoms with van der Waals surface area (Å²) in [5, 5.41) is 0. The number of hydrogen-bond donors (Lipinski definition) is 1. The number of carbonyl (C=O) groups excluding carboxylic acids is 1. The summed E-state index contributed by atoms with van der Waals surface area (Å²) in [5.74, 6) is 0.506. The lowest BCUT2D eigenvalue weighted by Crippen LogP contribution is -2.07. The van der Waals surface area contributed by atoms with Crippen molar-refractivity contribution in [2.75, 3.05) is 12.3 Å². The van der Waals surface area contributed by atoms with Crippen molar-refractivity contribution in [3.63, 3.8) is 0 Å². The van der Waals surface area contributed by atoms with Crippen molar-refractivity contribution >= 4 is 11.8 Å². The molecule has 0 aliphatic heterocycles. The molecule has 5 heteroatoms. The first-order valence-electron chi connectivity index (χ1n) is 5.08. The third-order valence-electron chi connectivity index (χ3n) is 2.16. The van der Waals surface area contributed by atoms with Gasteiger partial charge in [0.2, 0.25) is 0 Å². The summed E-state index contributed by atoms with van der Waals surface area (Å²) >= 11 is 0. The average molecular weight is 211 g/mol. The standard InChI is InChI=1S/C10H17N3O2/c1-3-15-9(14)5-4-6-13-7-12-8(2)10(13)11/h7H,3-6,11H2,1-2H3. The Bertz CT molecular complexity index is 333. The molecule has 0 fully saturated rings. The fraction of sp³-hybridized carbons (Fsp3) is 0.600. The normalized spacial score (nSPS) is 10.3. The Morgan fingerprint density at radius 2 is 2.40 bits per heavy atom. The molecule has 0 aliphatic carbocycles. The molecular formula is C10H17N3O2. The summed E-state index contributed by atoms with van der Waals surface area (Å²) in [6.07, 6.45) is 2.83. The minimum Gasteiger partial charge on any atom is -0.466 e. The quantitative estimate of drug-likeness (QED) is 0.741. The van der Waals surface area contributed by atoms with Gasteiger partial charge in [-0.2, -0.15) is 0 Å². The number of nitrogens with two attached hydrogens (primary N) is 1. The number of nitrogen functional groups attached to an aromatic ring is 1. The summed E-state index contributed by atoms with van der Waals surface area (Å²) in [6, 6.07) is 0. The molecule has 84 valence electrons. The highest BCUT2D eigenvalue weighted by Gasteiger charge is 2.04. The van der Waals surface area contributed by atoms with E-state index in [1.165, 1.54) is 0 Å². The van der Waals surface area contributed by atoms with Crippen molar-refractivity contribution in [2.24, 2.45) is 0 Å². The van der Waals surface area contributed by atoms with Crippen molar-refractivity contribution in [3.05, 3.63) is 12.0 Å². The summed E-state index contributed by atoms with van der Waals surface area (Å²) in [5.41, 5.74) is 6.59. The first-order chi connectivity index (χ1) is 7.15. The zero-order chi connectivity index (χ0) is 11.3. The van der Waals surface area contributed by atoms with E-state index < -0.39 is 0 Å². The van der Waals surface area contributed by atoms with Gasteiger partial charge in [-0.1, -0.05) is 0 Å². The van der Waals surface area contributed by atoms with Crippen LogP contribution in [0.3, 0.4) is 0 Å². The highest BCUT2D eigenvalue weighted by atomic mass is 16.5. The minimum absolute atomic E-state index is 0.159. The van der Waals surface area contributed by atoms with Crippen LogP contribution >= 0.6 is 0 Å². The third kappa shape index (κ3) is 3.27. The van der Waals surface area contributed by atoms with Crippen LogP contribution in [0.25, 0.3) is 0 Å². The van der Waals surface area contributed by atoms with E-state index in [0.29, 0.717) is 25.4 Å². The van der Waals surface area contributed by atoms with Crippen LogP contribution in [0.15, 0.2) is 6.33 Å². The van der Waals surface area contributed by atoms with Gasteiger partial charge >= 0.3 is 5.97 Å². The van der Waals surface area contributed by atoms with Crippen LogP contribution in [-0.4, -0.2) is 22.1 Å². The number of hydrogen-bond acceptors (Lipinski definition) is 4. The van der Waals surface area contributed by atoms with E-state index in [-0.39, 0.29) is 5.97 Å². The lowest BCUT2D eigenvalue weighted by molar-refractivity contribution is -0.143. The van der Waals surface area contributed by atoms with Gasteiger partial charge < -0.3 is 15.0 Å². The molecule has 1 aromatic rings. The van der Waals surface area contributed by atoms with Gasteiger partial charge in [0.1, 0.15) is 5.82 Å². The second-order valence-corrected chi connectivity index (χ2v) is 3.32. The highest BCUT2D eigenvalue weighted by Crippen LogP contribution is 2.09. The van der Waals surface area contributed by atoms with E-state index in [1.54, 1.807) is 13.3 Å². The molecule has 0 aliphatic rings. The number of nitrogens with zero attached hydrogens (tertiary/aromatic N) is 2. The first kappa shape index (κ1) is 11.6. The maximum Gasteiger partial charge on any atom is 0.305 e. The van der Waals surface area contributed by atoms with Crippen LogP contribution in [0.4, 0.5) is 5.82 Å². The molecule has 0 bridgehead atoms. The number of anilines is 1. The Labute approximate surface area is 89.2 Å². The van der Waals surface area contributed by atoms with Crippen LogP contribution in [-0.2, 0) is 16.1 Å². The first-order valence-corrected chi connectivity index (χ1v) is 5.08. The summed E-state index contributed by atoms with van der Waals surface area (Å²) in [4.78, 5) is 15.1. The third-order valence-corrected chi connectivity index (χ3v) is 2.16. The van der Waals surface area contributed by atoms with E-state index in [1.807, 2.05) is 11.5 Å². The second-order valence-electron chi connectivity index (χ2n) is 3.32. The predicted molar refractivity (Wildman–Crippen MR) is 57.2 cm³/mol. The lowest BCUT2D eigenvalue weighted by Gasteiger charge is -2.04. The maximum atomic E-state index is 11.0. The maximum absolute atomic E-state index is 11.0. The summed E-state index contributed by atoms with van der Waals surface area (Å²) in [6.45, 7) is 4.79. The number of imidazole rings is 1. The second kappa shape index (κ2) is 5.38. The van der Waals surface area contributed by atoms with Gasteiger partial charge in [-0.25, -0.2) is 4.98 Å². The molecule has 0 saturated carbocycles. The monoisotopic (exact) mass is 211 g/mol. The van der Waals surface area contributed by atoms with Gasteiger partial charge in [0, 0.05) is 13.0 Å². The summed E-state index contributed by atoms with van der Waals surface area (Å²) < 4.78 is 6.66. The largest absolute Gasteiger partial charge is 0.466 e. The van der Waals surface area contributed by atoms with Crippen molar-refractivity contribution in [3.8, 4) is 0 Å². The molecule has 1 rings (SSSR count). The van der Waals surface area contributed by atoms with Crippen LogP contribution in [0.5, 0.6) is 0 Å². The molecule has 2 N–H and O–H groups in total. The van der Waals surface area contributed by atoms with Gasteiger partial charge in [0.15, 0.2) is 0 Å². The molecule has 1 aromatic heterocycles. The molecule has 0 saturated heterocycles. The van der Waals surface area contributed by atoms with Crippen molar-refractivity contribution in [2.45, 2.75) is 33.2 Å². The predicted octanol–water partition coefficient (Wildman–Crippen LogP) is 1.12. The molecule has 0 aromatic carbocycles. The SMILES string of the molecule is CCOC(=O)CCCn1cnc(C)c1N. The molecule has 0 radical (unpaired) electrons. The fourth-order valence-electron chi connectivity index (χ4n) is 1.30. The lowest BCUT2D eigenvalue weighted by atomic mass is 10.3. The number of rotatable bonds is 5. The average Bonchev–Trinajstić information content (AvgIpc) is 2.50. The number of carbonyl (C=O) groups is 1. The minimum atomic E-state index is -0.159. The Hall–Kier alpha value is -1.52. The molecule has 5 nitrogen and oxygen atoms in total. The van der Waals surface area contributed by atoms with Crippen LogP contribution in [0, 0.1) is 6.92 Å². The van der Waals surface area contributed by atoms with Crippen molar-refractivity contribution in [1.82, 2.24) is 9.55 Å². The van der Waals surface area contributed by atoms with E-state index >= 15 is 0 Å². The van der Waals surface area contributed by atoms with E-state index in [4.69, 9.17) is 10.5 Å². The Morgan fingerprint density at radius 3 is 2.93 bits per heavy atom. The molecule has 15 heavy (non-hydrogen) atoms. The smallest absolute Gasteiger partial charge is 0.305 e. The van der Waals surface area contributed by atoms with Gasteiger partial charge in [0.05, 0.1) is 18.6 Å². The van der Waals surface area contributed by atoms with Gasteiger partial charge in [-0.05, 0) is 20.3 Å². The number of ether oxygens (including phenoxy) is 1. The Kier molecular flexibility index (Phi) is 4.15. The van der Waals surface area contributed by atoms with E-state index in [2.05, 4.69) is 4.98 Å². The summed E-state index contributed by atoms with van der Waals surface area (Å²) in [7, 11) is 0. The highest BCUT2D eigenvalue weighted by molar-refractivity contribution is 5.69. The van der Waals surface area contributed by atoms with Gasteiger partial charge in [0.25, 0.3) is 0 Å². The van der Waals surface area contributed by atoms with Gasteiger partial charge in [-0.15, -0.1) is 0 Å². The van der Waals surface area contributed by atoms with Gasteiger partial charge in [-0.3, -0.25) is 4.79 Å². The molecule has 0 atom stereocenters. The number of aromatic nitrogens is 2. The topological polar surface area (TPSA) is 70.1 Å². The van der Waals surface area contributed by atoms with Crippen molar-refractivity contribution in [1.29, 1.82) is 0 Å². The molecule has 0 amide bonds. The Balaban J connectivity index is 2.32. The zero-order valence-electron chi connectivity index (χ0n) is 9.19.